The molecule has 0 bridgehead atoms. The number of nitrogens with zero attached hydrogens (tertiary/aromatic N) is 1. The molecule has 98 valence electrons. The Morgan fingerprint density at radius 1 is 0.941 bits per heavy atom. The van der Waals surface area contributed by atoms with Gasteiger partial charge in [0, 0.05) is 19.0 Å². The lowest BCUT2D eigenvalue weighted by Gasteiger charge is -2.33. The quantitative estimate of drug-likeness (QED) is 0.658. The zero-order valence-electron chi connectivity index (χ0n) is 10.7. The van der Waals surface area contributed by atoms with E-state index in [-0.39, 0.29) is 11.3 Å². The molecule has 2 nitrogen and oxygen atoms in total. The van der Waals surface area contributed by atoms with E-state index < -0.39 is 0 Å². The van der Waals surface area contributed by atoms with Crippen LogP contribution in [0.2, 0.25) is 0 Å². The van der Waals surface area contributed by atoms with Gasteiger partial charge in [-0.2, -0.15) is 0 Å². The zero-order valence-corrected chi connectivity index (χ0v) is 11.4. The summed E-state index contributed by atoms with van der Waals surface area (Å²) < 4.78 is 0. The van der Waals surface area contributed by atoms with Crippen LogP contribution in [0.25, 0.3) is 0 Å². The Morgan fingerprint density at radius 2 is 1.59 bits per heavy atom. The fourth-order valence-corrected chi connectivity index (χ4v) is 3.41. The third kappa shape index (κ3) is 3.87. The van der Waals surface area contributed by atoms with Crippen molar-refractivity contribution < 1.29 is 4.79 Å². The normalized spacial score (nSPS) is 28.5. The minimum absolute atomic E-state index is 0.182. The molecule has 1 amide bonds. The predicted octanol–water partition coefficient (Wildman–Crippen LogP) is 3.58. The number of hydrogen-bond acceptors (Lipinski definition) is 1. The lowest BCUT2D eigenvalue weighted by atomic mass is 9.89. The number of hydrogen-bond donors (Lipinski definition) is 0. The first kappa shape index (κ1) is 13.2. The molecule has 0 aromatic heterocycles. The van der Waals surface area contributed by atoms with Gasteiger partial charge in [-0.1, -0.05) is 32.1 Å². The Balaban J connectivity index is 1.87. The van der Waals surface area contributed by atoms with Crippen molar-refractivity contribution in [1.29, 1.82) is 0 Å². The maximum absolute atomic E-state index is 12.4. The molecule has 0 aromatic carbocycles. The van der Waals surface area contributed by atoms with Gasteiger partial charge in [0.25, 0.3) is 0 Å². The molecule has 0 radical (unpaired) electrons. The molecule has 1 heterocycles. The summed E-state index contributed by atoms with van der Waals surface area (Å²) in [7, 11) is 0. The van der Waals surface area contributed by atoms with Crippen LogP contribution in [0, 0.1) is 5.92 Å². The summed E-state index contributed by atoms with van der Waals surface area (Å²) in [5.41, 5.74) is 0. The minimum atomic E-state index is 0.182. The van der Waals surface area contributed by atoms with Crippen LogP contribution in [0.3, 0.4) is 0 Å². The molecule has 1 saturated heterocycles. The van der Waals surface area contributed by atoms with Gasteiger partial charge in [-0.3, -0.25) is 4.79 Å². The molecule has 0 aromatic rings. The highest BCUT2D eigenvalue weighted by Gasteiger charge is 2.28. The molecule has 1 atom stereocenters. The summed E-state index contributed by atoms with van der Waals surface area (Å²) >= 11 is 6.16. The number of likely N-dealkylation sites (tertiary alicyclic amines) is 1. The number of carbonyl (C=O) groups excluding carboxylic acids is 1. The Morgan fingerprint density at radius 3 is 2.24 bits per heavy atom. The van der Waals surface area contributed by atoms with Crippen molar-refractivity contribution in [2.45, 2.75) is 63.2 Å². The van der Waals surface area contributed by atoms with Crippen molar-refractivity contribution in [3.8, 4) is 0 Å². The van der Waals surface area contributed by atoms with Crippen LogP contribution in [0.5, 0.6) is 0 Å². The number of amides is 1. The smallest absolute Gasteiger partial charge is 0.225 e. The maximum atomic E-state index is 12.4. The highest BCUT2D eigenvalue weighted by molar-refractivity contribution is 6.20. The van der Waals surface area contributed by atoms with Gasteiger partial charge in [0.15, 0.2) is 0 Å². The summed E-state index contributed by atoms with van der Waals surface area (Å²) in [6.45, 7) is 1.70. The highest BCUT2D eigenvalue weighted by atomic mass is 35.5. The fourth-order valence-electron chi connectivity index (χ4n) is 3.09. The lowest BCUT2D eigenvalue weighted by Crippen LogP contribution is -2.43. The SMILES string of the molecule is O=C(C1CCCCCCC1)N1CCCC(Cl)C1. The molecule has 1 aliphatic heterocycles. The molecule has 0 spiro atoms. The monoisotopic (exact) mass is 257 g/mol. The molecular formula is C14H24ClNO. The zero-order chi connectivity index (χ0) is 12.1. The average Bonchev–Trinajstić information content (AvgIpc) is 2.28. The third-order valence-corrected chi connectivity index (χ3v) is 4.49. The van der Waals surface area contributed by atoms with E-state index >= 15 is 0 Å². The van der Waals surface area contributed by atoms with Gasteiger partial charge in [0.2, 0.25) is 5.91 Å². The lowest BCUT2D eigenvalue weighted by molar-refractivity contribution is -0.137. The molecule has 1 saturated carbocycles. The van der Waals surface area contributed by atoms with Crippen LogP contribution < -0.4 is 0 Å². The van der Waals surface area contributed by atoms with Gasteiger partial charge >= 0.3 is 0 Å². The van der Waals surface area contributed by atoms with E-state index in [4.69, 9.17) is 11.6 Å². The molecule has 2 aliphatic rings. The summed E-state index contributed by atoms with van der Waals surface area (Å²) in [6.07, 6.45) is 10.8. The first-order chi connectivity index (χ1) is 8.27. The van der Waals surface area contributed by atoms with Crippen LogP contribution in [-0.2, 0) is 4.79 Å². The number of rotatable bonds is 1. The van der Waals surface area contributed by atoms with Crippen molar-refractivity contribution in [3.05, 3.63) is 0 Å². The Labute approximate surface area is 110 Å². The van der Waals surface area contributed by atoms with Gasteiger partial charge in [-0.15, -0.1) is 11.6 Å². The van der Waals surface area contributed by atoms with Crippen molar-refractivity contribution in [3.63, 3.8) is 0 Å². The summed E-state index contributed by atoms with van der Waals surface area (Å²) in [5, 5.41) is 0.182. The summed E-state index contributed by atoms with van der Waals surface area (Å²) in [4.78, 5) is 14.5. The van der Waals surface area contributed by atoms with Crippen LogP contribution in [-0.4, -0.2) is 29.3 Å². The van der Waals surface area contributed by atoms with Crippen molar-refractivity contribution >= 4 is 17.5 Å². The Kier molecular flexibility index (Phi) is 5.15. The van der Waals surface area contributed by atoms with Crippen molar-refractivity contribution in [1.82, 2.24) is 4.90 Å². The van der Waals surface area contributed by atoms with Gasteiger partial charge < -0.3 is 4.90 Å². The van der Waals surface area contributed by atoms with E-state index in [0.717, 1.165) is 38.8 Å². The largest absolute Gasteiger partial charge is 0.341 e. The van der Waals surface area contributed by atoms with Gasteiger partial charge in [0.05, 0.1) is 5.38 Å². The standard InChI is InChI=1S/C14H24ClNO/c15-13-9-6-10-16(11-13)14(17)12-7-4-2-1-3-5-8-12/h12-13H,1-11H2. The Bertz CT molecular complexity index is 249. The minimum Gasteiger partial charge on any atom is -0.341 e. The van der Waals surface area contributed by atoms with E-state index in [1.165, 1.54) is 32.1 Å². The van der Waals surface area contributed by atoms with E-state index in [9.17, 15) is 4.79 Å². The fraction of sp³-hybridized carbons (Fsp3) is 0.929. The van der Waals surface area contributed by atoms with Crippen molar-refractivity contribution in [2.24, 2.45) is 5.92 Å². The topological polar surface area (TPSA) is 20.3 Å². The van der Waals surface area contributed by atoms with Gasteiger partial charge in [-0.05, 0) is 25.7 Å². The molecular weight excluding hydrogens is 234 g/mol. The second kappa shape index (κ2) is 6.63. The number of carbonyl (C=O) groups is 1. The average molecular weight is 258 g/mol. The molecule has 3 heteroatoms. The predicted molar refractivity (Wildman–Crippen MR) is 71.3 cm³/mol. The Hall–Kier alpha value is -0.240. The summed E-state index contributed by atoms with van der Waals surface area (Å²) in [5.74, 6) is 0.675. The van der Waals surface area contributed by atoms with Crippen LogP contribution in [0.15, 0.2) is 0 Å². The van der Waals surface area contributed by atoms with Gasteiger partial charge in [0.1, 0.15) is 0 Å². The maximum Gasteiger partial charge on any atom is 0.225 e. The van der Waals surface area contributed by atoms with Crippen LogP contribution >= 0.6 is 11.6 Å². The number of piperidine rings is 1. The van der Waals surface area contributed by atoms with Crippen LogP contribution in [0.4, 0.5) is 0 Å². The second-order valence-corrected chi connectivity index (χ2v) is 6.18. The van der Waals surface area contributed by atoms with E-state index in [1.807, 2.05) is 4.90 Å². The first-order valence-electron chi connectivity index (χ1n) is 7.20. The van der Waals surface area contributed by atoms with Gasteiger partial charge in [-0.25, -0.2) is 0 Å². The number of halogens is 1. The molecule has 17 heavy (non-hydrogen) atoms. The van der Waals surface area contributed by atoms with Crippen LogP contribution in [0.1, 0.15) is 57.8 Å². The third-order valence-electron chi connectivity index (χ3n) is 4.13. The van der Waals surface area contributed by atoms with E-state index in [2.05, 4.69) is 0 Å². The molecule has 1 aliphatic carbocycles. The van der Waals surface area contributed by atoms with E-state index in [1.54, 1.807) is 0 Å². The highest BCUT2D eigenvalue weighted by Crippen LogP contribution is 2.26. The molecule has 0 N–H and O–H groups in total. The van der Waals surface area contributed by atoms with E-state index in [0.29, 0.717) is 5.91 Å². The first-order valence-corrected chi connectivity index (χ1v) is 7.64. The van der Waals surface area contributed by atoms with Crippen molar-refractivity contribution in [2.75, 3.05) is 13.1 Å². The summed E-state index contributed by atoms with van der Waals surface area (Å²) in [6, 6.07) is 0. The molecule has 1 unspecified atom stereocenters. The molecule has 2 fully saturated rings. The second-order valence-electron chi connectivity index (χ2n) is 5.57. The number of alkyl halides is 1. The molecule has 2 rings (SSSR count).